The molecule has 2 N–H and O–H groups in total. The van der Waals surface area contributed by atoms with E-state index in [4.69, 9.17) is 23.2 Å². The summed E-state index contributed by atoms with van der Waals surface area (Å²) < 4.78 is 0. The lowest BCUT2D eigenvalue weighted by atomic mass is 10.1. The highest BCUT2D eigenvalue weighted by Crippen LogP contribution is 2.22. The average molecular weight is 395 g/mol. The summed E-state index contributed by atoms with van der Waals surface area (Å²) in [6.07, 6.45) is 3.65. The number of nitrogens with zero attached hydrogens (tertiary/aromatic N) is 2. The van der Waals surface area contributed by atoms with Gasteiger partial charge in [-0.1, -0.05) is 23.2 Å². The second-order valence-corrected chi connectivity index (χ2v) is 6.86. The first-order valence-corrected chi connectivity index (χ1v) is 8.76. The molecule has 26 heavy (non-hydrogen) atoms. The Morgan fingerprint density at radius 2 is 1.62 bits per heavy atom. The van der Waals surface area contributed by atoms with Crippen LogP contribution in [-0.2, 0) is 0 Å². The van der Waals surface area contributed by atoms with Crippen molar-refractivity contribution in [2.45, 2.75) is 6.42 Å². The Hall–Kier alpha value is -2.15. The zero-order valence-electron chi connectivity index (χ0n) is 14.6. The molecular formula is C18H20Cl2N4O2. The summed E-state index contributed by atoms with van der Waals surface area (Å²) in [6, 6.07) is 6.23. The lowest BCUT2D eigenvalue weighted by molar-refractivity contribution is 0.0952. The van der Waals surface area contributed by atoms with Crippen LogP contribution in [0.3, 0.4) is 0 Å². The van der Waals surface area contributed by atoms with E-state index in [9.17, 15) is 9.59 Å². The highest BCUT2D eigenvalue weighted by Gasteiger charge is 2.12. The van der Waals surface area contributed by atoms with Crippen molar-refractivity contribution in [1.29, 1.82) is 0 Å². The predicted octanol–water partition coefficient (Wildman–Crippen LogP) is 3.32. The molecule has 0 aliphatic heterocycles. The number of aromatic nitrogens is 1. The van der Waals surface area contributed by atoms with Crippen molar-refractivity contribution < 1.29 is 9.59 Å². The molecule has 8 heteroatoms. The fraction of sp³-hybridized carbons (Fsp3) is 0.278. The first-order valence-electron chi connectivity index (χ1n) is 8.00. The van der Waals surface area contributed by atoms with Crippen molar-refractivity contribution in [2.75, 3.05) is 32.5 Å². The maximum absolute atomic E-state index is 12.4. The van der Waals surface area contributed by atoms with Gasteiger partial charge in [-0.15, -0.1) is 0 Å². The number of amides is 2. The van der Waals surface area contributed by atoms with Crippen LogP contribution in [0.15, 0.2) is 36.7 Å². The molecule has 2 amide bonds. The molecule has 0 spiro atoms. The maximum Gasteiger partial charge on any atom is 0.257 e. The summed E-state index contributed by atoms with van der Waals surface area (Å²) in [7, 11) is 3.95. The van der Waals surface area contributed by atoms with E-state index in [1.807, 2.05) is 19.0 Å². The Labute approximate surface area is 162 Å². The number of rotatable bonds is 7. The zero-order valence-corrected chi connectivity index (χ0v) is 16.1. The van der Waals surface area contributed by atoms with E-state index < -0.39 is 5.91 Å². The largest absolute Gasteiger partial charge is 0.352 e. The summed E-state index contributed by atoms with van der Waals surface area (Å²) in [4.78, 5) is 30.6. The van der Waals surface area contributed by atoms with Gasteiger partial charge >= 0.3 is 0 Å². The summed E-state index contributed by atoms with van der Waals surface area (Å²) in [5.74, 6) is -0.671. The Morgan fingerprint density at radius 3 is 2.23 bits per heavy atom. The highest BCUT2D eigenvalue weighted by molar-refractivity contribution is 6.35. The molecule has 0 radical (unpaired) electrons. The summed E-state index contributed by atoms with van der Waals surface area (Å²) in [5.41, 5.74) is 1.06. The Morgan fingerprint density at radius 1 is 1.00 bits per heavy atom. The van der Waals surface area contributed by atoms with E-state index in [-0.39, 0.29) is 11.5 Å². The number of hydrogen-bond donors (Lipinski definition) is 2. The molecule has 1 heterocycles. The third-order valence-corrected chi connectivity index (χ3v) is 3.89. The Kier molecular flexibility index (Phi) is 7.38. The van der Waals surface area contributed by atoms with Crippen molar-refractivity contribution in [3.05, 3.63) is 57.8 Å². The Balaban J connectivity index is 2.01. The third-order valence-electron chi connectivity index (χ3n) is 3.45. The van der Waals surface area contributed by atoms with Gasteiger partial charge in [0.05, 0.1) is 11.1 Å². The van der Waals surface area contributed by atoms with Crippen LogP contribution in [0.1, 0.15) is 27.1 Å². The topological polar surface area (TPSA) is 74.3 Å². The minimum atomic E-state index is -0.405. The number of nitrogens with one attached hydrogen (secondary N) is 2. The monoisotopic (exact) mass is 394 g/mol. The molecule has 0 atom stereocenters. The molecular weight excluding hydrogens is 375 g/mol. The van der Waals surface area contributed by atoms with Crippen LogP contribution in [0.4, 0.5) is 5.69 Å². The number of carbonyl (C=O) groups is 2. The fourth-order valence-electron chi connectivity index (χ4n) is 2.22. The van der Waals surface area contributed by atoms with E-state index in [0.717, 1.165) is 13.0 Å². The molecule has 1 aromatic carbocycles. The number of benzene rings is 1. The number of hydrogen-bond acceptors (Lipinski definition) is 4. The van der Waals surface area contributed by atoms with Gasteiger partial charge in [-0.2, -0.15) is 0 Å². The number of carbonyl (C=O) groups excluding carboxylic acids is 2. The predicted molar refractivity (Wildman–Crippen MR) is 104 cm³/mol. The van der Waals surface area contributed by atoms with Gasteiger partial charge in [0, 0.05) is 34.7 Å². The molecule has 0 fully saturated rings. The molecule has 0 aliphatic carbocycles. The molecule has 0 unspecified atom stereocenters. The van der Waals surface area contributed by atoms with Crippen LogP contribution < -0.4 is 10.6 Å². The molecule has 1 aromatic heterocycles. The zero-order chi connectivity index (χ0) is 19.1. The minimum absolute atomic E-state index is 0.266. The molecule has 0 aliphatic rings. The lowest BCUT2D eigenvalue weighted by Crippen LogP contribution is -2.27. The van der Waals surface area contributed by atoms with Gasteiger partial charge in [-0.3, -0.25) is 14.6 Å². The second-order valence-electron chi connectivity index (χ2n) is 5.99. The highest BCUT2D eigenvalue weighted by atomic mass is 35.5. The van der Waals surface area contributed by atoms with Crippen molar-refractivity contribution >= 4 is 40.7 Å². The molecule has 138 valence electrons. The van der Waals surface area contributed by atoms with Crippen molar-refractivity contribution in [1.82, 2.24) is 15.2 Å². The molecule has 0 saturated carbocycles. The van der Waals surface area contributed by atoms with E-state index in [2.05, 4.69) is 15.6 Å². The van der Waals surface area contributed by atoms with Crippen molar-refractivity contribution in [2.24, 2.45) is 0 Å². The smallest absolute Gasteiger partial charge is 0.257 e. The van der Waals surface area contributed by atoms with Crippen LogP contribution in [0.25, 0.3) is 0 Å². The quantitative estimate of drug-likeness (QED) is 0.706. The standard InChI is InChI=1S/C18H20Cl2N4O2/c1-24(2)5-3-4-22-17(25)12-6-13(11-21-10-12)18(26)23-16-8-14(19)7-15(20)9-16/h6-11H,3-5H2,1-2H3,(H,22,25)(H,23,26). The van der Waals surface area contributed by atoms with Gasteiger partial charge in [0.25, 0.3) is 11.8 Å². The number of halogens is 2. The van der Waals surface area contributed by atoms with Crippen LogP contribution in [0.2, 0.25) is 10.0 Å². The summed E-state index contributed by atoms with van der Waals surface area (Å²) in [5, 5.41) is 6.33. The van der Waals surface area contributed by atoms with Gasteiger partial charge < -0.3 is 15.5 Å². The number of pyridine rings is 1. The number of anilines is 1. The second kappa shape index (κ2) is 9.52. The van der Waals surface area contributed by atoms with Crippen molar-refractivity contribution in [3.63, 3.8) is 0 Å². The van der Waals surface area contributed by atoms with E-state index >= 15 is 0 Å². The maximum atomic E-state index is 12.4. The first kappa shape index (κ1) is 20.2. The first-order chi connectivity index (χ1) is 12.3. The molecule has 0 saturated heterocycles. The van der Waals surface area contributed by atoms with Gasteiger partial charge in [0.1, 0.15) is 0 Å². The van der Waals surface area contributed by atoms with Crippen LogP contribution >= 0.6 is 23.2 Å². The van der Waals surface area contributed by atoms with E-state index in [0.29, 0.717) is 27.8 Å². The fourth-order valence-corrected chi connectivity index (χ4v) is 2.74. The van der Waals surface area contributed by atoms with Gasteiger partial charge in [0.2, 0.25) is 0 Å². The molecule has 6 nitrogen and oxygen atoms in total. The van der Waals surface area contributed by atoms with E-state index in [1.165, 1.54) is 18.5 Å². The van der Waals surface area contributed by atoms with Gasteiger partial charge in [0.15, 0.2) is 0 Å². The van der Waals surface area contributed by atoms with E-state index in [1.54, 1.807) is 18.2 Å². The average Bonchev–Trinajstić information content (AvgIpc) is 2.57. The summed E-state index contributed by atoms with van der Waals surface area (Å²) in [6.45, 7) is 1.43. The normalized spacial score (nSPS) is 10.7. The van der Waals surface area contributed by atoms with Crippen LogP contribution in [0.5, 0.6) is 0 Å². The van der Waals surface area contributed by atoms with Crippen LogP contribution in [-0.4, -0.2) is 48.9 Å². The molecule has 2 rings (SSSR count). The third kappa shape index (κ3) is 6.29. The summed E-state index contributed by atoms with van der Waals surface area (Å²) >= 11 is 11.8. The van der Waals surface area contributed by atoms with Gasteiger partial charge in [-0.25, -0.2) is 0 Å². The molecule has 0 bridgehead atoms. The van der Waals surface area contributed by atoms with Crippen LogP contribution in [0, 0.1) is 0 Å². The minimum Gasteiger partial charge on any atom is -0.352 e. The Bertz CT molecular complexity index is 776. The van der Waals surface area contributed by atoms with Gasteiger partial charge in [-0.05, 0) is 51.3 Å². The SMILES string of the molecule is CN(C)CCCNC(=O)c1cncc(C(=O)Nc2cc(Cl)cc(Cl)c2)c1. The van der Waals surface area contributed by atoms with Crippen molar-refractivity contribution in [3.8, 4) is 0 Å². The lowest BCUT2D eigenvalue weighted by Gasteiger charge is -2.10. The molecule has 2 aromatic rings.